The fourth-order valence-electron chi connectivity index (χ4n) is 1.53. The third-order valence-electron chi connectivity index (χ3n) is 2.41. The van der Waals surface area contributed by atoms with Crippen molar-refractivity contribution < 1.29 is 9.53 Å². The molecule has 3 heteroatoms. The molecular formula is C13H19NO2. The van der Waals surface area contributed by atoms with Gasteiger partial charge in [0, 0.05) is 5.69 Å². The number of carbonyl (C=O) groups excluding carboxylic acids is 1. The highest BCUT2D eigenvalue weighted by molar-refractivity contribution is 5.79. The molecule has 3 nitrogen and oxygen atoms in total. The lowest BCUT2D eigenvalue weighted by Crippen LogP contribution is -2.28. The van der Waals surface area contributed by atoms with Crippen molar-refractivity contribution in [2.45, 2.75) is 33.2 Å². The summed E-state index contributed by atoms with van der Waals surface area (Å²) in [6, 6.07) is 7.68. The average Bonchev–Trinajstić information content (AvgIpc) is 2.30. The van der Waals surface area contributed by atoms with Crippen molar-refractivity contribution in [2.75, 3.05) is 11.9 Å². The van der Waals surface area contributed by atoms with Gasteiger partial charge in [0.1, 0.15) is 6.04 Å². The van der Waals surface area contributed by atoms with Crippen LogP contribution in [0.15, 0.2) is 24.3 Å². The summed E-state index contributed by atoms with van der Waals surface area (Å²) in [6.07, 6.45) is 0.943. The second-order valence-corrected chi connectivity index (χ2v) is 3.63. The molecule has 1 N–H and O–H groups in total. The van der Waals surface area contributed by atoms with E-state index in [-0.39, 0.29) is 12.0 Å². The van der Waals surface area contributed by atoms with Crippen LogP contribution in [-0.4, -0.2) is 18.6 Å². The first-order valence-corrected chi connectivity index (χ1v) is 5.70. The van der Waals surface area contributed by atoms with Crippen molar-refractivity contribution in [1.82, 2.24) is 0 Å². The number of para-hydroxylation sites is 1. The minimum atomic E-state index is -0.312. The van der Waals surface area contributed by atoms with Crippen molar-refractivity contribution in [3.8, 4) is 0 Å². The summed E-state index contributed by atoms with van der Waals surface area (Å²) in [6.45, 7) is 6.13. The van der Waals surface area contributed by atoms with Gasteiger partial charge in [-0.25, -0.2) is 4.79 Å². The molecule has 1 aromatic carbocycles. The molecule has 0 saturated heterocycles. The highest BCUT2D eigenvalue weighted by Crippen LogP contribution is 2.16. The maximum absolute atomic E-state index is 11.5. The fourth-order valence-corrected chi connectivity index (χ4v) is 1.53. The summed E-state index contributed by atoms with van der Waals surface area (Å²) < 4.78 is 4.95. The molecular weight excluding hydrogens is 202 g/mol. The van der Waals surface area contributed by atoms with Gasteiger partial charge in [-0.3, -0.25) is 0 Å². The highest BCUT2D eigenvalue weighted by atomic mass is 16.5. The Kier molecular flexibility index (Phi) is 4.83. The molecule has 0 aliphatic carbocycles. The predicted molar refractivity (Wildman–Crippen MR) is 65.5 cm³/mol. The summed E-state index contributed by atoms with van der Waals surface area (Å²) in [5.74, 6) is -0.214. The molecule has 88 valence electrons. The summed E-state index contributed by atoms with van der Waals surface area (Å²) in [4.78, 5) is 11.5. The highest BCUT2D eigenvalue weighted by Gasteiger charge is 2.14. The maximum Gasteiger partial charge on any atom is 0.328 e. The molecule has 0 radical (unpaired) electrons. The molecule has 1 atom stereocenters. The van der Waals surface area contributed by atoms with Gasteiger partial charge in [0.15, 0.2) is 0 Å². The van der Waals surface area contributed by atoms with Crippen LogP contribution in [0.25, 0.3) is 0 Å². The van der Waals surface area contributed by atoms with Crippen LogP contribution in [0.3, 0.4) is 0 Å². The summed E-state index contributed by atoms with van der Waals surface area (Å²) in [5, 5.41) is 3.17. The minimum absolute atomic E-state index is 0.214. The summed E-state index contributed by atoms with van der Waals surface area (Å²) in [5.41, 5.74) is 2.21. The summed E-state index contributed by atoms with van der Waals surface area (Å²) in [7, 11) is 0. The molecule has 0 heterocycles. The van der Waals surface area contributed by atoms with E-state index in [0.29, 0.717) is 6.61 Å². The number of rotatable bonds is 5. The molecule has 0 aliphatic rings. The second-order valence-electron chi connectivity index (χ2n) is 3.63. The van der Waals surface area contributed by atoms with Crippen LogP contribution in [0, 0.1) is 0 Å². The Bertz CT molecular complexity index is 350. The van der Waals surface area contributed by atoms with Crippen molar-refractivity contribution >= 4 is 11.7 Å². The Morgan fingerprint density at radius 2 is 2.06 bits per heavy atom. The SMILES string of the molecule is CCOC(=O)C(C)Nc1ccccc1CC. The third-order valence-corrected chi connectivity index (χ3v) is 2.41. The lowest BCUT2D eigenvalue weighted by atomic mass is 10.1. The van der Waals surface area contributed by atoms with Crippen LogP contribution < -0.4 is 5.32 Å². The average molecular weight is 221 g/mol. The number of hydrogen-bond acceptors (Lipinski definition) is 3. The summed E-state index contributed by atoms with van der Waals surface area (Å²) >= 11 is 0. The normalized spacial score (nSPS) is 11.9. The Morgan fingerprint density at radius 3 is 2.69 bits per heavy atom. The van der Waals surface area contributed by atoms with Crippen LogP contribution in [0.5, 0.6) is 0 Å². The van der Waals surface area contributed by atoms with Crippen molar-refractivity contribution in [2.24, 2.45) is 0 Å². The van der Waals surface area contributed by atoms with E-state index in [2.05, 4.69) is 18.3 Å². The Labute approximate surface area is 96.8 Å². The van der Waals surface area contributed by atoms with Gasteiger partial charge in [-0.05, 0) is 31.9 Å². The number of aryl methyl sites for hydroxylation is 1. The first kappa shape index (κ1) is 12.6. The quantitative estimate of drug-likeness (QED) is 0.777. The monoisotopic (exact) mass is 221 g/mol. The van der Waals surface area contributed by atoms with Crippen LogP contribution >= 0.6 is 0 Å². The molecule has 16 heavy (non-hydrogen) atoms. The molecule has 0 amide bonds. The van der Waals surface area contributed by atoms with E-state index in [1.165, 1.54) is 5.56 Å². The largest absolute Gasteiger partial charge is 0.464 e. The molecule has 1 unspecified atom stereocenters. The molecule has 0 aliphatic heterocycles. The van der Waals surface area contributed by atoms with Gasteiger partial charge in [-0.15, -0.1) is 0 Å². The lowest BCUT2D eigenvalue weighted by molar-refractivity contribution is -0.143. The van der Waals surface area contributed by atoms with Gasteiger partial charge in [0.2, 0.25) is 0 Å². The van der Waals surface area contributed by atoms with Gasteiger partial charge < -0.3 is 10.1 Å². The van der Waals surface area contributed by atoms with E-state index < -0.39 is 0 Å². The second kappa shape index (κ2) is 6.16. The Morgan fingerprint density at radius 1 is 1.38 bits per heavy atom. The zero-order chi connectivity index (χ0) is 12.0. The molecule has 0 saturated carbocycles. The van der Waals surface area contributed by atoms with Crippen molar-refractivity contribution in [3.63, 3.8) is 0 Å². The van der Waals surface area contributed by atoms with Crippen molar-refractivity contribution in [1.29, 1.82) is 0 Å². The van der Waals surface area contributed by atoms with Crippen LogP contribution in [0.1, 0.15) is 26.3 Å². The van der Waals surface area contributed by atoms with E-state index in [4.69, 9.17) is 4.74 Å². The maximum atomic E-state index is 11.5. The Balaban J connectivity index is 2.68. The van der Waals surface area contributed by atoms with Crippen molar-refractivity contribution in [3.05, 3.63) is 29.8 Å². The first-order chi connectivity index (χ1) is 7.69. The number of carbonyl (C=O) groups is 1. The molecule has 0 bridgehead atoms. The Hall–Kier alpha value is -1.51. The fraction of sp³-hybridized carbons (Fsp3) is 0.462. The smallest absolute Gasteiger partial charge is 0.328 e. The number of ether oxygens (including phenoxy) is 1. The zero-order valence-corrected chi connectivity index (χ0v) is 10.1. The molecule has 0 aromatic heterocycles. The van der Waals surface area contributed by atoms with Gasteiger partial charge in [-0.1, -0.05) is 25.1 Å². The minimum Gasteiger partial charge on any atom is -0.464 e. The van der Waals surface area contributed by atoms with Gasteiger partial charge >= 0.3 is 5.97 Å². The number of nitrogens with one attached hydrogen (secondary N) is 1. The molecule has 0 fully saturated rings. The lowest BCUT2D eigenvalue weighted by Gasteiger charge is -2.16. The standard InChI is InChI=1S/C13H19NO2/c1-4-11-8-6-7-9-12(11)14-10(3)13(15)16-5-2/h6-10,14H,4-5H2,1-3H3. The van der Waals surface area contributed by atoms with E-state index >= 15 is 0 Å². The first-order valence-electron chi connectivity index (χ1n) is 5.70. The van der Waals surface area contributed by atoms with Gasteiger partial charge in [-0.2, -0.15) is 0 Å². The molecule has 1 aromatic rings. The van der Waals surface area contributed by atoms with E-state index in [1.54, 1.807) is 0 Å². The number of esters is 1. The number of hydrogen-bond donors (Lipinski definition) is 1. The zero-order valence-electron chi connectivity index (χ0n) is 10.1. The third kappa shape index (κ3) is 3.26. The van der Waals surface area contributed by atoms with E-state index in [1.807, 2.05) is 32.0 Å². The van der Waals surface area contributed by atoms with E-state index in [0.717, 1.165) is 12.1 Å². The van der Waals surface area contributed by atoms with Gasteiger partial charge in [0.25, 0.3) is 0 Å². The van der Waals surface area contributed by atoms with Gasteiger partial charge in [0.05, 0.1) is 6.61 Å². The predicted octanol–water partition coefficient (Wildman–Crippen LogP) is 2.61. The van der Waals surface area contributed by atoms with Crippen LogP contribution in [0.4, 0.5) is 5.69 Å². The molecule has 1 rings (SSSR count). The number of anilines is 1. The van der Waals surface area contributed by atoms with Crippen LogP contribution in [0.2, 0.25) is 0 Å². The van der Waals surface area contributed by atoms with Crippen LogP contribution in [-0.2, 0) is 16.0 Å². The molecule has 0 spiro atoms. The number of benzene rings is 1. The van der Waals surface area contributed by atoms with E-state index in [9.17, 15) is 4.79 Å². The topological polar surface area (TPSA) is 38.3 Å².